The lowest BCUT2D eigenvalue weighted by Crippen LogP contribution is -2.28. The summed E-state index contributed by atoms with van der Waals surface area (Å²) < 4.78 is 0. The van der Waals surface area contributed by atoms with Gasteiger partial charge in [-0.1, -0.05) is 36.4 Å². The van der Waals surface area contributed by atoms with E-state index in [2.05, 4.69) is 58.2 Å². The summed E-state index contributed by atoms with van der Waals surface area (Å²) in [7, 11) is 2.22. The molecule has 1 fully saturated rings. The Balaban J connectivity index is 1.44. The predicted octanol–water partition coefficient (Wildman–Crippen LogP) is 3.04. The fourth-order valence-corrected chi connectivity index (χ4v) is 3.36. The Morgan fingerprint density at radius 3 is 2.73 bits per heavy atom. The topological polar surface area (TPSA) is 19.4 Å². The Morgan fingerprint density at radius 1 is 1.14 bits per heavy atom. The van der Waals surface area contributed by atoms with Gasteiger partial charge in [0, 0.05) is 38.6 Å². The summed E-state index contributed by atoms with van der Waals surface area (Å²) in [4.78, 5) is 9.20. The van der Waals surface area contributed by atoms with Crippen molar-refractivity contribution in [2.75, 3.05) is 26.7 Å². The van der Waals surface area contributed by atoms with Crippen molar-refractivity contribution in [1.82, 2.24) is 14.8 Å². The molecule has 1 aromatic heterocycles. The molecular formula is C19H25N3. The van der Waals surface area contributed by atoms with Crippen molar-refractivity contribution < 1.29 is 0 Å². The van der Waals surface area contributed by atoms with E-state index < -0.39 is 0 Å². The van der Waals surface area contributed by atoms with E-state index in [-0.39, 0.29) is 0 Å². The number of benzene rings is 1. The van der Waals surface area contributed by atoms with Crippen LogP contribution in [-0.2, 0) is 13.1 Å². The summed E-state index contributed by atoms with van der Waals surface area (Å²) in [5.41, 5.74) is 2.72. The number of pyridine rings is 1. The second-order valence-corrected chi connectivity index (χ2v) is 6.43. The molecule has 1 atom stereocenters. The average molecular weight is 295 g/mol. The molecule has 2 heterocycles. The van der Waals surface area contributed by atoms with Gasteiger partial charge in [-0.3, -0.25) is 9.88 Å². The van der Waals surface area contributed by atoms with Gasteiger partial charge >= 0.3 is 0 Å². The monoisotopic (exact) mass is 295 g/mol. The molecule has 3 rings (SSSR count). The number of hydrogen-bond acceptors (Lipinski definition) is 3. The molecule has 1 aliphatic rings. The van der Waals surface area contributed by atoms with Crippen LogP contribution in [0.4, 0.5) is 0 Å². The summed E-state index contributed by atoms with van der Waals surface area (Å²) in [6, 6.07) is 15.0. The third-order valence-electron chi connectivity index (χ3n) is 4.36. The summed E-state index contributed by atoms with van der Waals surface area (Å²) in [5, 5.41) is 0. The zero-order chi connectivity index (χ0) is 15.2. The molecule has 0 bridgehead atoms. The molecule has 0 radical (unpaired) electrons. The number of nitrogens with zero attached hydrogens (tertiary/aromatic N) is 3. The lowest BCUT2D eigenvalue weighted by molar-refractivity contribution is 0.254. The van der Waals surface area contributed by atoms with Crippen molar-refractivity contribution in [2.45, 2.75) is 19.5 Å². The minimum atomic E-state index is 0.783. The van der Waals surface area contributed by atoms with E-state index in [1.54, 1.807) is 0 Å². The van der Waals surface area contributed by atoms with E-state index >= 15 is 0 Å². The molecule has 2 aromatic rings. The van der Waals surface area contributed by atoms with Gasteiger partial charge in [-0.05, 0) is 43.1 Å². The molecular weight excluding hydrogens is 270 g/mol. The molecule has 1 aliphatic heterocycles. The van der Waals surface area contributed by atoms with E-state index in [1.807, 2.05) is 18.5 Å². The SMILES string of the molecule is CN(Cc1cccnc1)C[C@@H]1CCN(Cc2ccccc2)C1. The highest BCUT2D eigenvalue weighted by Gasteiger charge is 2.23. The van der Waals surface area contributed by atoms with Crippen LogP contribution in [0.15, 0.2) is 54.9 Å². The number of hydrogen-bond donors (Lipinski definition) is 0. The first-order valence-corrected chi connectivity index (χ1v) is 8.13. The quantitative estimate of drug-likeness (QED) is 0.816. The average Bonchev–Trinajstić information content (AvgIpc) is 2.96. The Labute approximate surface area is 133 Å². The van der Waals surface area contributed by atoms with E-state index in [1.165, 1.54) is 37.2 Å². The van der Waals surface area contributed by atoms with Gasteiger partial charge in [0.15, 0.2) is 0 Å². The van der Waals surface area contributed by atoms with Crippen molar-refractivity contribution in [3.8, 4) is 0 Å². The Hall–Kier alpha value is -1.71. The third kappa shape index (κ3) is 4.39. The summed E-state index contributed by atoms with van der Waals surface area (Å²) in [5.74, 6) is 0.783. The highest BCUT2D eigenvalue weighted by Crippen LogP contribution is 2.20. The normalized spacial score (nSPS) is 18.9. The van der Waals surface area contributed by atoms with Crippen LogP contribution in [-0.4, -0.2) is 41.5 Å². The van der Waals surface area contributed by atoms with Crippen molar-refractivity contribution >= 4 is 0 Å². The molecule has 3 heteroatoms. The van der Waals surface area contributed by atoms with Crippen molar-refractivity contribution in [3.05, 3.63) is 66.0 Å². The van der Waals surface area contributed by atoms with E-state index in [4.69, 9.17) is 0 Å². The Bertz CT molecular complexity index is 555. The number of likely N-dealkylation sites (tertiary alicyclic amines) is 1. The fourth-order valence-electron chi connectivity index (χ4n) is 3.36. The Kier molecular flexibility index (Phi) is 5.20. The maximum absolute atomic E-state index is 4.19. The zero-order valence-corrected chi connectivity index (χ0v) is 13.4. The first-order valence-electron chi connectivity index (χ1n) is 8.13. The molecule has 0 unspecified atom stereocenters. The van der Waals surface area contributed by atoms with Gasteiger partial charge in [0.1, 0.15) is 0 Å². The minimum absolute atomic E-state index is 0.783. The fraction of sp³-hybridized carbons (Fsp3) is 0.421. The van der Waals surface area contributed by atoms with Crippen molar-refractivity contribution in [3.63, 3.8) is 0 Å². The molecule has 0 aliphatic carbocycles. The molecule has 0 saturated carbocycles. The maximum Gasteiger partial charge on any atom is 0.0312 e. The third-order valence-corrected chi connectivity index (χ3v) is 4.36. The first-order chi connectivity index (χ1) is 10.8. The molecule has 0 N–H and O–H groups in total. The predicted molar refractivity (Wildman–Crippen MR) is 90.4 cm³/mol. The van der Waals surface area contributed by atoms with Crippen LogP contribution in [0.1, 0.15) is 17.5 Å². The molecule has 0 amide bonds. The number of aromatic nitrogens is 1. The maximum atomic E-state index is 4.19. The van der Waals surface area contributed by atoms with Crippen molar-refractivity contribution in [1.29, 1.82) is 0 Å². The van der Waals surface area contributed by atoms with Crippen LogP contribution in [0.5, 0.6) is 0 Å². The van der Waals surface area contributed by atoms with Crippen LogP contribution < -0.4 is 0 Å². The lowest BCUT2D eigenvalue weighted by Gasteiger charge is -2.21. The zero-order valence-electron chi connectivity index (χ0n) is 13.4. The van der Waals surface area contributed by atoms with E-state index in [0.717, 1.165) is 19.0 Å². The summed E-state index contributed by atoms with van der Waals surface area (Å²) in [6.45, 7) is 5.68. The van der Waals surface area contributed by atoms with Crippen LogP contribution in [0.2, 0.25) is 0 Å². The van der Waals surface area contributed by atoms with Gasteiger partial charge in [-0.15, -0.1) is 0 Å². The van der Waals surface area contributed by atoms with Gasteiger partial charge < -0.3 is 4.90 Å². The number of rotatable bonds is 6. The van der Waals surface area contributed by atoms with Crippen LogP contribution >= 0.6 is 0 Å². The minimum Gasteiger partial charge on any atom is -0.302 e. The molecule has 116 valence electrons. The highest BCUT2D eigenvalue weighted by atomic mass is 15.2. The molecule has 1 saturated heterocycles. The van der Waals surface area contributed by atoms with Crippen molar-refractivity contribution in [2.24, 2.45) is 5.92 Å². The molecule has 1 aromatic carbocycles. The van der Waals surface area contributed by atoms with Gasteiger partial charge in [-0.2, -0.15) is 0 Å². The van der Waals surface area contributed by atoms with E-state index in [0.29, 0.717) is 0 Å². The standard InChI is InChI=1S/C19H25N3/c1-21(13-18-8-5-10-20-12-18)14-19-9-11-22(16-19)15-17-6-3-2-4-7-17/h2-8,10,12,19H,9,11,13-16H2,1H3/t19-/m0/s1. The van der Waals surface area contributed by atoms with Gasteiger partial charge in [0.05, 0.1) is 0 Å². The van der Waals surface area contributed by atoms with Gasteiger partial charge in [-0.25, -0.2) is 0 Å². The highest BCUT2D eigenvalue weighted by molar-refractivity contribution is 5.14. The smallest absolute Gasteiger partial charge is 0.0312 e. The van der Waals surface area contributed by atoms with Crippen LogP contribution in [0.25, 0.3) is 0 Å². The van der Waals surface area contributed by atoms with Crippen LogP contribution in [0, 0.1) is 5.92 Å². The van der Waals surface area contributed by atoms with Crippen LogP contribution in [0.3, 0.4) is 0 Å². The largest absolute Gasteiger partial charge is 0.302 e. The summed E-state index contributed by atoms with van der Waals surface area (Å²) >= 11 is 0. The summed E-state index contributed by atoms with van der Waals surface area (Å²) in [6.07, 6.45) is 5.11. The molecule has 22 heavy (non-hydrogen) atoms. The van der Waals surface area contributed by atoms with E-state index in [9.17, 15) is 0 Å². The van der Waals surface area contributed by atoms with Gasteiger partial charge in [0.2, 0.25) is 0 Å². The van der Waals surface area contributed by atoms with Gasteiger partial charge in [0.25, 0.3) is 0 Å². The second-order valence-electron chi connectivity index (χ2n) is 6.43. The Morgan fingerprint density at radius 2 is 1.95 bits per heavy atom. The first kappa shape index (κ1) is 15.2. The second kappa shape index (κ2) is 7.52. The lowest BCUT2D eigenvalue weighted by atomic mass is 10.1. The molecule has 0 spiro atoms. The molecule has 3 nitrogen and oxygen atoms in total.